The normalized spacial score (nSPS) is 12.8. The van der Waals surface area contributed by atoms with Crippen LogP contribution in [0.25, 0.3) is 5.57 Å². The van der Waals surface area contributed by atoms with E-state index in [9.17, 15) is 0 Å². The van der Waals surface area contributed by atoms with Crippen LogP contribution >= 0.6 is 0 Å². The number of nitrogens with one attached hydrogen (secondary N) is 1. The molecule has 1 N–H and O–H groups in total. The van der Waals surface area contributed by atoms with E-state index in [0.717, 1.165) is 17.0 Å². The quantitative estimate of drug-likeness (QED) is 0.665. The molecule has 0 bridgehead atoms. The van der Waals surface area contributed by atoms with E-state index in [1.807, 2.05) is 32.9 Å². The van der Waals surface area contributed by atoms with E-state index < -0.39 is 0 Å². The highest BCUT2D eigenvalue weighted by Gasteiger charge is 1.99. The van der Waals surface area contributed by atoms with Crippen molar-refractivity contribution in [2.45, 2.75) is 20.8 Å². The van der Waals surface area contributed by atoms with Crippen molar-refractivity contribution in [2.75, 3.05) is 0 Å². The Morgan fingerprint density at radius 1 is 1.50 bits per heavy atom. The van der Waals surface area contributed by atoms with Gasteiger partial charge in [-0.1, -0.05) is 18.2 Å². The third kappa shape index (κ3) is 1.84. The molecule has 0 aliphatic carbocycles. The molecule has 2 nitrogen and oxygen atoms in total. The first-order chi connectivity index (χ1) is 5.77. The summed E-state index contributed by atoms with van der Waals surface area (Å²) in [5.74, 6) is 0. The molecule has 0 saturated carbocycles. The van der Waals surface area contributed by atoms with Crippen LogP contribution in [-0.4, -0.2) is 10.2 Å². The Labute approximate surface area is 73.0 Å². The zero-order valence-corrected chi connectivity index (χ0v) is 7.76. The van der Waals surface area contributed by atoms with Crippen molar-refractivity contribution in [1.82, 2.24) is 10.2 Å². The second-order valence-electron chi connectivity index (χ2n) is 2.68. The van der Waals surface area contributed by atoms with Crippen molar-refractivity contribution in [3.8, 4) is 0 Å². The van der Waals surface area contributed by atoms with Crippen molar-refractivity contribution in [3.05, 3.63) is 35.7 Å². The molecule has 0 saturated heterocycles. The Kier molecular flexibility index (Phi) is 2.86. The summed E-state index contributed by atoms with van der Waals surface area (Å²) in [5.41, 5.74) is 3.25. The fourth-order valence-corrected chi connectivity index (χ4v) is 1.07. The molecule has 12 heavy (non-hydrogen) atoms. The Bertz CT molecular complexity index is 305. The molecule has 1 rings (SSSR count). The summed E-state index contributed by atoms with van der Waals surface area (Å²) in [6.45, 7) is 6.02. The van der Waals surface area contributed by atoms with Gasteiger partial charge in [-0.15, -0.1) is 0 Å². The number of H-pyrrole nitrogens is 1. The highest BCUT2D eigenvalue weighted by Crippen LogP contribution is 2.13. The molecule has 0 aliphatic heterocycles. The lowest BCUT2D eigenvalue weighted by atomic mass is 10.1. The molecule has 0 aliphatic rings. The second-order valence-corrected chi connectivity index (χ2v) is 2.68. The number of aryl methyl sites for hydroxylation is 1. The van der Waals surface area contributed by atoms with E-state index >= 15 is 0 Å². The largest absolute Gasteiger partial charge is 0.282 e. The van der Waals surface area contributed by atoms with Crippen LogP contribution < -0.4 is 0 Å². The lowest BCUT2D eigenvalue weighted by Gasteiger charge is -1.92. The van der Waals surface area contributed by atoms with Crippen LogP contribution in [0.5, 0.6) is 0 Å². The molecule has 2 heteroatoms. The van der Waals surface area contributed by atoms with Crippen molar-refractivity contribution >= 4 is 5.57 Å². The first-order valence-electron chi connectivity index (χ1n) is 4.09. The van der Waals surface area contributed by atoms with Crippen molar-refractivity contribution in [1.29, 1.82) is 0 Å². The molecule has 1 aromatic heterocycles. The van der Waals surface area contributed by atoms with Gasteiger partial charge in [0.15, 0.2) is 0 Å². The summed E-state index contributed by atoms with van der Waals surface area (Å²) in [4.78, 5) is 0. The molecule has 1 aromatic rings. The molecular weight excluding hydrogens is 148 g/mol. The molecular formula is C10H14N2. The number of hydrogen-bond acceptors (Lipinski definition) is 1. The van der Waals surface area contributed by atoms with Gasteiger partial charge in [-0.25, -0.2) is 0 Å². The average molecular weight is 162 g/mol. The summed E-state index contributed by atoms with van der Waals surface area (Å²) < 4.78 is 0. The van der Waals surface area contributed by atoms with Gasteiger partial charge >= 0.3 is 0 Å². The fraction of sp³-hybridized carbons (Fsp3) is 0.300. The average Bonchev–Trinajstić information content (AvgIpc) is 2.47. The minimum Gasteiger partial charge on any atom is -0.282 e. The topological polar surface area (TPSA) is 28.7 Å². The molecule has 0 fully saturated rings. The Morgan fingerprint density at radius 3 is 2.67 bits per heavy atom. The predicted molar refractivity (Wildman–Crippen MR) is 51.8 cm³/mol. The van der Waals surface area contributed by atoms with E-state index in [4.69, 9.17) is 0 Å². The van der Waals surface area contributed by atoms with Crippen LogP contribution in [0.1, 0.15) is 25.2 Å². The molecule has 0 amide bonds. The fourth-order valence-electron chi connectivity index (χ4n) is 1.07. The van der Waals surface area contributed by atoms with E-state index in [0.29, 0.717) is 0 Å². The minimum atomic E-state index is 1.01. The van der Waals surface area contributed by atoms with Gasteiger partial charge in [0.05, 0.1) is 5.69 Å². The van der Waals surface area contributed by atoms with Crippen LogP contribution in [0.15, 0.2) is 24.3 Å². The predicted octanol–water partition coefficient (Wildman–Crippen LogP) is 2.70. The van der Waals surface area contributed by atoms with Gasteiger partial charge in [0.2, 0.25) is 0 Å². The third-order valence-corrected chi connectivity index (χ3v) is 1.66. The number of aromatic amines is 1. The minimum absolute atomic E-state index is 1.01. The van der Waals surface area contributed by atoms with E-state index in [2.05, 4.69) is 22.3 Å². The van der Waals surface area contributed by atoms with Crippen LogP contribution in [0.3, 0.4) is 0 Å². The number of nitrogens with zero attached hydrogens (tertiary/aromatic N) is 1. The molecule has 0 radical (unpaired) electrons. The zero-order chi connectivity index (χ0) is 8.97. The smallest absolute Gasteiger partial charge is 0.0919 e. The summed E-state index contributed by atoms with van der Waals surface area (Å²) >= 11 is 0. The zero-order valence-electron chi connectivity index (χ0n) is 7.76. The Balaban J connectivity index is 2.96. The van der Waals surface area contributed by atoms with E-state index in [-0.39, 0.29) is 0 Å². The first-order valence-corrected chi connectivity index (χ1v) is 4.09. The van der Waals surface area contributed by atoms with Gasteiger partial charge in [0, 0.05) is 5.69 Å². The van der Waals surface area contributed by atoms with Gasteiger partial charge in [0.25, 0.3) is 0 Å². The number of rotatable bonds is 2. The Morgan fingerprint density at radius 2 is 2.25 bits per heavy atom. The summed E-state index contributed by atoms with van der Waals surface area (Å²) in [6.07, 6.45) is 6.12. The lowest BCUT2D eigenvalue weighted by Crippen LogP contribution is -1.79. The number of hydrogen-bond donors (Lipinski definition) is 1. The van der Waals surface area contributed by atoms with E-state index in [1.165, 1.54) is 0 Å². The van der Waals surface area contributed by atoms with Crippen molar-refractivity contribution in [2.24, 2.45) is 0 Å². The molecule has 0 spiro atoms. The summed E-state index contributed by atoms with van der Waals surface area (Å²) in [6, 6.07) is 2.04. The highest BCUT2D eigenvalue weighted by atomic mass is 15.1. The first kappa shape index (κ1) is 8.78. The van der Waals surface area contributed by atoms with Crippen LogP contribution in [0.4, 0.5) is 0 Å². The SMILES string of the molecule is C/C=C\C(=C/C)c1cc(C)[nH]n1. The maximum atomic E-state index is 4.16. The maximum absolute atomic E-state index is 4.16. The maximum Gasteiger partial charge on any atom is 0.0919 e. The van der Waals surface area contributed by atoms with Crippen LogP contribution in [0.2, 0.25) is 0 Å². The summed E-state index contributed by atoms with van der Waals surface area (Å²) in [5, 5.41) is 7.08. The molecule has 0 aromatic carbocycles. The summed E-state index contributed by atoms with van der Waals surface area (Å²) in [7, 11) is 0. The molecule has 1 heterocycles. The van der Waals surface area contributed by atoms with Crippen molar-refractivity contribution in [3.63, 3.8) is 0 Å². The standard InChI is InChI=1S/C10H14N2/c1-4-6-9(5-2)10-7-8(3)11-12-10/h4-7H,1-3H3,(H,11,12)/b6-4-,9-5+. The van der Waals surface area contributed by atoms with Gasteiger partial charge < -0.3 is 0 Å². The number of aromatic nitrogens is 2. The van der Waals surface area contributed by atoms with Crippen LogP contribution in [0, 0.1) is 6.92 Å². The van der Waals surface area contributed by atoms with E-state index in [1.54, 1.807) is 0 Å². The third-order valence-electron chi connectivity index (χ3n) is 1.66. The molecule has 0 unspecified atom stereocenters. The Hall–Kier alpha value is -1.31. The van der Waals surface area contributed by atoms with Gasteiger partial charge in [-0.3, -0.25) is 5.10 Å². The van der Waals surface area contributed by atoms with Crippen molar-refractivity contribution < 1.29 is 0 Å². The van der Waals surface area contributed by atoms with Gasteiger partial charge in [-0.05, 0) is 32.4 Å². The lowest BCUT2D eigenvalue weighted by molar-refractivity contribution is 1.04. The number of allylic oxidation sites excluding steroid dienone is 4. The highest BCUT2D eigenvalue weighted by molar-refractivity contribution is 5.71. The van der Waals surface area contributed by atoms with Crippen LogP contribution in [-0.2, 0) is 0 Å². The monoisotopic (exact) mass is 162 g/mol. The molecule has 64 valence electrons. The van der Waals surface area contributed by atoms with Gasteiger partial charge in [-0.2, -0.15) is 5.10 Å². The van der Waals surface area contributed by atoms with Gasteiger partial charge in [0.1, 0.15) is 0 Å². The molecule has 0 atom stereocenters. The second kappa shape index (κ2) is 3.90.